The van der Waals surface area contributed by atoms with Gasteiger partial charge in [0, 0.05) is 0 Å². The average Bonchev–Trinajstić information content (AvgIpc) is 2.75. The fraction of sp³-hybridized carbons (Fsp3) is 0.565. The fourth-order valence-corrected chi connectivity index (χ4v) is 2.49. The molecule has 12 nitrogen and oxygen atoms in total. The van der Waals surface area contributed by atoms with Crippen molar-refractivity contribution in [1.29, 1.82) is 0 Å². The van der Waals surface area contributed by atoms with Crippen LogP contribution in [0.25, 0.3) is 0 Å². The molecule has 0 aliphatic heterocycles. The quantitative estimate of drug-likeness (QED) is 0.247. The topological polar surface area (TPSA) is 159 Å². The van der Waals surface area contributed by atoms with Crippen molar-refractivity contribution in [2.75, 3.05) is 13.2 Å². The molecule has 0 radical (unpaired) electrons. The summed E-state index contributed by atoms with van der Waals surface area (Å²) >= 11 is 0. The molecule has 0 aliphatic rings. The van der Waals surface area contributed by atoms with Gasteiger partial charge in [0.1, 0.15) is 18.2 Å². The zero-order chi connectivity index (χ0) is 26.5. The first-order valence-corrected chi connectivity index (χ1v) is 11.1. The van der Waals surface area contributed by atoms with Crippen molar-refractivity contribution in [1.82, 2.24) is 0 Å². The van der Waals surface area contributed by atoms with Crippen molar-refractivity contribution >= 4 is 36.8 Å². The van der Waals surface area contributed by atoms with Crippen molar-refractivity contribution < 1.29 is 52.3 Å². The molecule has 1 aromatic rings. The van der Waals surface area contributed by atoms with Crippen molar-refractivity contribution in [2.45, 2.75) is 72.3 Å². The molecular weight excluding hydrogens is 502 g/mol. The second kappa shape index (κ2) is 16.4. The number of ether oxygens (including phenoxy) is 7. The molecule has 0 saturated heterocycles. The Morgan fingerprint density at radius 2 is 1.31 bits per heavy atom. The maximum atomic E-state index is 12.4. The summed E-state index contributed by atoms with van der Waals surface area (Å²) in [5, 5.41) is 0. The third-order valence-corrected chi connectivity index (χ3v) is 4.25. The highest BCUT2D eigenvalue weighted by Gasteiger charge is 2.25. The Hall–Kier alpha value is -3.25. The second-order valence-corrected chi connectivity index (χ2v) is 7.54. The molecule has 2 N–H and O–H groups in total. The molecule has 1 aromatic carbocycles. The molecule has 0 aliphatic carbocycles. The maximum Gasteiger partial charge on any atom is 0.513 e. The highest BCUT2D eigenvalue weighted by Crippen LogP contribution is 2.30. The van der Waals surface area contributed by atoms with Crippen LogP contribution in [0.5, 0.6) is 11.5 Å². The van der Waals surface area contributed by atoms with Gasteiger partial charge < -0.3 is 38.9 Å². The minimum atomic E-state index is -1.10. The number of benzene rings is 1. The van der Waals surface area contributed by atoms with E-state index in [0.717, 1.165) is 0 Å². The lowest BCUT2D eigenvalue weighted by Crippen LogP contribution is -2.39. The molecule has 0 aromatic heterocycles. The number of nitrogens with two attached hydrogens (primary N) is 1. The fourth-order valence-electron chi connectivity index (χ4n) is 2.49. The lowest BCUT2D eigenvalue weighted by atomic mass is 10.1. The zero-order valence-corrected chi connectivity index (χ0v) is 22.0. The summed E-state index contributed by atoms with van der Waals surface area (Å²) in [6.07, 6.45) is -4.81. The third kappa shape index (κ3) is 11.9. The van der Waals surface area contributed by atoms with Crippen molar-refractivity contribution in [3.63, 3.8) is 0 Å². The maximum absolute atomic E-state index is 12.4. The minimum Gasteiger partial charge on any atom is -0.458 e. The number of carbonyl (C=O) groups excluding carboxylic acids is 4. The van der Waals surface area contributed by atoms with Gasteiger partial charge in [0.25, 0.3) is 0 Å². The minimum absolute atomic E-state index is 0. The van der Waals surface area contributed by atoms with Gasteiger partial charge in [-0.05, 0) is 65.7 Å². The van der Waals surface area contributed by atoms with Crippen LogP contribution < -0.4 is 15.2 Å². The predicted molar refractivity (Wildman–Crippen MR) is 128 cm³/mol. The standard InChI is InChI=1S/C23H33NO11.ClH/c1-7-29-21(26)34-18-10-9-16(12-19(18)35-22(27)30-8-2)11-17(24)20(25)32-14(5)15(6)33-23(28)31-13(3)4;/h9-10,12-15,17H,7-8,11,24H2,1-6H3;1H/t14-,15-,17+;/m1./s1. The van der Waals surface area contributed by atoms with Gasteiger partial charge in [-0.1, -0.05) is 6.07 Å². The van der Waals surface area contributed by atoms with E-state index in [1.165, 1.54) is 18.2 Å². The van der Waals surface area contributed by atoms with E-state index in [-0.39, 0.29) is 49.6 Å². The molecule has 0 saturated carbocycles. The molecule has 3 atom stereocenters. The Bertz CT molecular complexity index is 878. The van der Waals surface area contributed by atoms with Crippen molar-refractivity contribution in [3.05, 3.63) is 23.8 Å². The van der Waals surface area contributed by atoms with E-state index in [1.807, 2.05) is 0 Å². The van der Waals surface area contributed by atoms with Crippen LogP contribution in [0, 0.1) is 0 Å². The van der Waals surface area contributed by atoms with Gasteiger partial charge in [-0.3, -0.25) is 4.79 Å². The highest BCUT2D eigenvalue weighted by molar-refractivity contribution is 5.85. The van der Waals surface area contributed by atoms with Crippen LogP contribution in [-0.2, 0) is 34.9 Å². The highest BCUT2D eigenvalue weighted by atomic mass is 35.5. The van der Waals surface area contributed by atoms with Gasteiger partial charge in [-0.15, -0.1) is 12.4 Å². The summed E-state index contributed by atoms with van der Waals surface area (Å²) in [4.78, 5) is 47.5. The Morgan fingerprint density at radius 3 is 1.83 bits per heavy atom. The van der Waals surface area contributed by atoms with Gasteiger partial charge in [0.15, 0.2) is 11.5 Å². The smallest absolute Gasteiger partial charge is 0.458 e. The molecule has 0 bridgehead atoms. The molecule has 204 valence electrons. The van der Waals surface area contributed by atoms with Crippen LogP contribution in [0.4, 0.5) is 14.4 Å². The van der Waals surface area contributed by atoms with Crippen LogP contribution in [0.15, 0.2) is 18.2 Å². The summed E-state index contributed by atoms with van der Waals surface area (Å²) in [7, 11) is 0. The van der Waals surface area contributed by atoms with E-state index in [0.29, 0.717) is 5.56 Å². The first kappa shape index (κ1) is 32.8. The third-order valence-electron chi connectivity index (χ3n) is 4.25. The Labute approximate surface area is 216 Å². The van der Waals surface area contributed by atoms with E-state index in [9.17, 15) is 19.2 Å². The normalized spacial score (nSPS) is 12.8. The molecule has 0 fully saturated rings. The number of carbonyl (C=O) groups is 4. The molecule has 0 spiro atoms. The van der Waals surface area contributed by atoms with Gasteiger partial charge >= 0.3 is 24.4 Å². The van der Waals surface area contributed by atoms with E-state index in [2.05, 4.69) is 0 Å². The lowest BCUT2D eigenvalue weighted by Gasteiger charge is -2.22. The second-order valence-electron chi connectivity index (χ2n) is 7.54. The molecule has 36 heavy (non-hydrogen) atoms. The zero-order valence-electron chi connectivity index (χ0n) is 21.1. The first-order chi connectivity index (χ1) is 16.5. The Morgan fingerprint density at radius 1 is 0.778 bits per heavy atom. The van der Waals surface area contributed by atoms with E-state index < -0.39 is 42.7 Å². The molecule has 1 rings (SSSR count). The number of rotatable bonds is 11. The lowest BCUT2D eigenvalue weighted by molar-refractivity contribution is -0.155. The monoisotopic (exact) mass is 535 g/mol. The van der Waals surface area contributed by atoms with Gasteiger partial charge in [0.05, 0.1) is 19.3 Å². The summed E-state index contributed by atoms with van der Waals surface area (Å²) < 4.78 is 34.9. The molecule has 13 heteroatoms. The summed E-state index contributed by atoms with van der Waals surface area (Å²) in [5.41, 5.74) is 6.45. The van der Waals surface area contributed by atoms with Crippen molar-refractivity contribution in [2.24, 2.45) is 5.73 Å². The number of hydrogen-bond donors (Lipinski definition) is 1. The van der Waals surface area contributed by atoms with Gasteiger partial charge in [0.2, 0.25) is 0 Å². The SMILES string of the molecule is CCOC(=O)Oc1ccc(C[C@H](N)C(=O)O[C@H](C)[C@@H](C)OC(=O)OC(C)C)cc1OC(=O)OCC.Cl. The summed E-state index contributed by atoms with van der Waals surface area (Å²) in [6.45, 7) is 9.80. The van der Waals surface area contributed by atoms with E-state index in [4.69, 9.17) is 38.9 Å². The van der Waals surface area contributed by atoms with Crippen LogP contribution in [0.2, 0.25) is 0 Å². The Balaban J connectivity index is 0.0000122. The summed E-state index contributed by atoms with van der Waals surface area (Å²) in [5.74, 6) is -0.970. The molecule has 0 amide bonds. The van der Waals surface area contributed by atoms with Gasteiger partial charge in [-0.25, -0.2) is 14.4 Å². The van der Waals surface area contributed by atoms with E-state index >= 15 is 0 Å². The molecular formula is C23H34ClNO11. The number of hydrogen-bond acceptors (Lipinski definition) is 12. The first-order valence-electron chi connectivity index (χ1n) is 11.1. The Kier molecular flexibility index (Phi) is 14.9. The molecule has 0 unspecified atom stereocenters. The number of halogens is 1. The predicted octanol–water partition coefficient (Wildman–Crippen LogP) is 3.93. The van der Waals surface area contributed by atoms with Crippen molar-refractivity contribution in [3.8, 4) is 11.5 Å². The average molecular weight is 536 g/mol. The van der Waals surface area contributed by atoms with Crippen LogP contribution in [0.1, 0.15) is 47.1 Å². The van der Waals surface area contributed by atoms with E-state index in [1.54, 1.807) is 41.5 Å². The largest absolute Gasteiger partial charge is 0.513 e. The summed E-state index contributed by atoms with van der Waals surface area (Å²) in [6, 6.07) is 3.16. The molecule has 0 heterocycles. The van der Waals surface area contributed by atoms with Gasteiger partial charge in [-0.2, -0.15) is 0 Å². The number of esters is 1. The van der Waals surface area contributed by atoms with Crippen LogP contribution in [-0.4, -0.2) is 62.0 Å². The van der Waals surface area contributed by atoms with Crippen LogP contribution in [0.3, 0.4) is 0 Å². The van der Waals surface area contributed by atoms with Crippen LogP contribution >= 0.6 is 12.4 Å².